The number of amides is 1. The van der Waals surface area contributed by atoms with E-state index in [0.717, 1.165) is 5.56 Å². The fraction of sp³-hybridized carbons (Fsp3) is 0.562. The van der Waals surface area contributed by atoms with Gasteiger partial charge in [-0.1, -0.05) is 18.2 Å². The van der Waals surface area contributed by atoms with Crippen molar-refractivity contribution in [3.05, 3.63) is 34.9 Å². The number of aliphatic hydroxyl groups is 1. The Morgan fingerprint density at radius 3 is 2.47 bits per heavy atom. The van der Waals surface area contributed by atoms with Crippen LogP contribution in [-0.2, 0) is 11.2 Å². The second-order valence-corrected chi connectivity index (χ2v) is 5.97. The van der Waals surface area contributed by atoms with Crippen LogP contribution in [0.15, 0.2) is 18.2 Å². The number of hydrogen-bond donors (Lipinski definition) is 1. The summed E-state index contributed by atoms with van der Waals surface area (Å²) < 4.78 is 0. The third-order valence-corrected chi connectivity index (χ3v) is 4.12. The minimum Gasteiger partial charge on any atom is -0.390 e. The Morgan fingerprint density at radius 1 is 1.26 bits per heavy atom. The first-order valence-corrected chi connectivity index (χ1v) is 6.94. The zero-order chi connectivity index (χ0) is 14.0. The summed E-state index contributed by atoms with van der Waals surface area (Å²) in [5, 5.41) is 9.89. The Hall–Kier alpha value is -1.35. The number of nitrogens with zero attached hydrogens (tertiary/aromatic N) is 1. The van der Waals surface area contributed by atoms with Crippen LogP contribution in [0.25, 0.3) is 0 Å². The van der Waals surface area contributed by atoms with Crippen molar-refractivity contribution < 1.29 is 9.90 Å². The maximum atomic E-state index is 12.2. The zero-order valence-electron chi connectivity index (χ0n) is 12.1. The molecule has 0 saturated carbocycles. The predicted octanol–water partition coefficient (Wildman–Crippen LogP) is 2.22. The minimum atomic E-state index is -0.600. The number of carbonyl (C=O) groups is 1. The highest BCUT2D eigenvalue weighted by atomic mass is 16.3. The molecular formula is C16H23NO2. The van der Waals surface area contributed by atoms with E-state index < -0.39 is 5.60 Å². The number of likely N-dealkylation sites (tertiary alicyclic amines) is 1. The minimum absolute atomic E-state index is 0.166. The van der Waals surface area contributed by atoms with Gasteiger partial charge in [0, 0.05) is 13.1 Å². The van der Waals surface area contributed by atoms with Crippen molar-refractivity contribution in [2.24, 2.45) is 0 Å². The van der Waals surface area contributed by atoms with E-state index in [-0.39, 0.29) is 5.91 Å². The number of carbonyl (C=O) groups excluding carboxylic acids is 1. The summed E-state index contributed by atoms with van der Waals surface area (Å²) in [4.78, 5) is 14.1. The maximum absolute atomic E-state index is 12.2. The van der Waals surface area contributed by atoms with Crippen LogP contribution in [0.1, 0.15) is 36.5 Å². The monoisotopic (exact) mass is 261 g/mol. The summed E-state index contributed by atoms with van der Waals surface area (Å²) in [6, 6.07) is 6.19. The van der Waals surface area contributed by atoms with Gasteiger partial charge in [-0.3, -0.25) is 4.79 Å². The molecule has 0 radical (unpaired) electrons. The van der Waals surface area contributed by atoms with Crippen LogP contribution < -0.4 is 0 Å². The Bertz CT molecular complexity index is 470. The van der Waals surface area contributed by atoms with E-state index in [0.29, 0.717) is 32.4 Å². The molecule has 1 aliphatic rings. The third-order valence-electron chi connectivity index (χ3n) is 4.12. The molecule has 0 aromatic heterocycles. The van der Waals surface area contributed by atoms with Gasteiger partial charge >= 0.3 is 0 Å². The summed E-state index contributed by atoms with van der Waals surface area (Å²) in [6.45, 7) is 7.32. The van der Waals surface area contributed by atoms with Gasteiger partial charge in [0.15, 0.2) is 0 Å². The average Bonchev–Trinajstić information content (AvgIpc) is 2.33. The molecule has 1 aliphatic heterocycles. The predicted molar refractivity (Wildman–Crippen MR) is 76.1 cm³/mol. The molecule has 0 bridgehead atoms. The molecule has 1 aromatic rings. The SMILES string of the molecule is Cc1ccc(CC(=O)N2CCC(C)(O)CC2)cc1C. The summed E-state index contributed by atoms with van der Waals surface area (Å²) in [7, 11) is 0. The van der Waals surface area contributed by atoms with Crippen LogP contribution in [0.3, 0.4) is 0 Å². The van der Waals surface area contributed by atoms with Gasteiger partial charge in [0.05, 0.1) is 12.0 Å². The fourth-order valence-corrected chi connectivity index (χ4v) is 2.44. The summed E-state index contributed by atoms with van der Waals surface area (Å²) in [6.07, 6.45) is 1.81. The lowest BCUT2D eigenvalue weighted by atomic mass is 9.93. The lowest BCUT2D eigenvalue weighted by Gasteiger charge is -2.35. The van der Waals surface area contributed by atoms with Crippen LogP contribution in [-0.4, -0.2) is 34.6 Å². The molecule has 1 aromatic carbocycles. The second kappa shape index (κ2) is 5.33. The molecular weight excluding hydrogens is 238 g/mol. The van der Waals surface area contributed by atoms with Crippen molar-refractivity contribution in [3.63, 3.8) is 0 Å². The fourth-order valence-electron chi connectivity index (χ4n) is 2.44. The number of rotatable bonds is 2. The van der Waals surface area contributed by atoms with E-state index in [1.54, 1.807) is 0 Å². The number of aryl methyl sites for hydroxylation is 2. The zero-order valence-corrected chi connectivity index (χ0v) is 12.1. The topological polar surface area (TPSA) is 40.5 Å². The number of piperidine rings is 1. The first-order chi connectivity index (χ1) is 8.87. The standard InChI is InChI=1S/C16H23NO2/c1-12-4-5-14(10-13(12)2)11-15(18)17-8-6-16(3,19)7-9-17/h4-5,10,19H,6-9,11H2,1-3H3. The summed E-state index contributed by atoms with van der Waals surface area (Å²) >= 11 is 0. The lowest BCUT2D eigenvalue weighted by molar-refractivity contribution is -0.134. The van der Waals surface area contributed by atoms with Crippen molar-refractivity contribution >= 4 is 5.91 Å². The van der Waals surface area contributed by atoms with Gasteiger partial charge < -0.3 is 10.0 Å². The highest BCUT2D eigenvalue weighted by Crippen LogP contribution is 2.21. The molecule has 0 spiro atoms. The van der Waals surface area contributed by atoms with Gasteiger partial charge in [-0.2, -0.15) is 0 Å². The first kappa shape index (κ1) is 14.1. The maximum Gasteiger partial charge on any atom is 0.226 e. The van der Waals surface area contributed by atoms with Crippen LogP contribution in [0.4, 0.5) is 0 Å². The molecule has 0 aliphatic carbocycles. The smallest absolute Gasteiger partial charge is 0.226 e. The molecule has 1 heterocycles. The highest BCUT2D eigenvalue weighted by molar-refractivity contribution is 5.79. The van der Waals surface area contributed by atoms with E-state index >= 15 is 0 Å². The van der Waals surface area contributed by atoms with Crippen molar-refractivity contribution in [2.75, 3.05) is 13.1 Å². The van der Waals surface area contributed by atoms with E-state index in [4.69, 9.17) is 0 Å². The summed E-state index contributed by atoms with van der Waals surface area (Å²) in [5.41, 5.74) is 2.96. The van der Waals surface area contributed by atoms with Gasteiger partial charge in [-0.25, -0.2) is 0 Å². The molecule has 0 unspecified atom stereocenters. The Labute approximate surface area is 115 Å². The Balaban J connectivity index is 1.96. The van der Waals surface area contributed by atoms with Gasteiger partial charge in [0.2, 0.25) is 5.91 Å². The highest BCUT2D eigenvalue weighted by Gasteiger charge is 2.29. The first-order valence-electron chi connectivity index (χ1n) is 6.94. The Kier molecular flexibility index (Phi) is 3.95. The number of benzene rings is 1. The molecule has 1 saturated heterocycles. The number of hydrogen-bond acceptors (Lipinski definition) is 2. The Morgan fingerprint density at radius 2 is 1.89 bits per heavy atom. The summed E-state index contributed by atoms with van der Waals surface area (Å²) in [5.74, 6) is 0.166. The van der Waals surface area contributed by atoms with Crippen LogP contribution in [0, 0.1) is 13.8 Å². The van der Waals surface area contributed by atoms with Gasteiger partial charge in [-0.15, -0.1) is 0 Å². The van der Waals surface area contributed by atoms with Gasteiger partial charge in [0.25, 0.3) is 0 Å². The average molecular weight is 261 g/mol. The van der Waals surface area contributed by atoms with Crippen LogP contribution in [0.2, 0.25) is 0 Å². The lowest BCUT2D eigenvalue weighted by Crippen LogP contribution is -2.45. The van der Waals surface area contributed by atoms with Crippen LogP contribution >= 0.6 is 0 Å². The molecule has 1 amide bonds. The van der Waals surface area contributed by atoms with Crippen molar-refractivity contribution in [2.45, 2.75) is 45.6 Å². The normalized spacial score (nSPS) is 18.4. The van der Waals surface area contributed by atoms with E-state index in [2.05, 4.69) is 26.0 Å². The van der Waals surface area contributed by atoms with Crippen molar-refractivity contribution in [1.82, 2.24) is 4.90 Å². The molecule has 1 N–H and O–H groups in total. The molecule has 2 rings (SSSR count). The second-order valence-electron chi connectivity index (χ2n) is 5.97. The largest absolute Gasteiger partial charge is 0.390 e. The van der Waals surface area contributed by atoms with Gasteiger partial charge in [0.1, 0.15) is 0 Å². The molecule has 3 heteroatoms. The van der Waals surface area contributed by atoms with Gasteiger partial charge in [-0.05, 0) is 50.3 Å². The molecule has 3 nitrogen and oxygen atoms in total. The third kappa shape index (κ3) is 3.57. The van der Waals surface area contributed by atoms with Crippen molar-refractivity contribution in [1.29, 1.82) is 0 Å². The van der Waals surface area contributed by atoms with Crippen molar-refractivity contribution in [3.8, 4) is 0 Å². The quantitative estimate of drug-likeness (QED) is 0.887. The molecule has 0 atom stereocenters. The molecule has 19 heavy (non-hydrogen) atoms. The van der Waals surface area contributed by atoms with E-state index in [9.17, 15) is 9.90 Å². The van der Waals surface area contributed by atoms with E-state index in [1.807, 2.05) is 17.9 Å². The molecule has 1 fully saturated rings. The van der Waals surface area contributed by atoms with Crippen LogP contribution in [0.5, 0.6) is 0 Å². The molecule has 104 valence electrons. The van der Waals surface area contributed by atoms with E-state index in [1.165, 1.54) is 11.1 Å².